The van der Waals surface area contributed by atoms with Crippen LogP contribution in [0.25, 0.3) is 44.4 Å². The molecule has 3 heterocycles. The number of para-hydroxylation sites is 1. The standard InChI is InChI=1S/C18H11N5/c1-2-4-14-12(3-1)13-6-5-11(9-15(13)22-14)17-21-10-16-18(23-17)20-8-7-19-16/h1-10,22H. The summed E-state index contributed by atoms with van der Waals surface area (Å²) in [5, 5.41) is 2.42. The van der Waals surface area contributed by atoms with Gasteiger partial charge in [0.15, 0.2) is 11.5 Å². The Morgan fingerprint density at radius 1 is 0.783 bits per heavy atom. The molecule has 5 aromatic rings. The normalized spacial score (nSPS) is 11.5. The lowest BCUT2D eigenvalue weighted by Crippen LogP contribution is -1.93. The van der Waals surface area contributed by atoms with Crippen LogP contribution in [0.1, 0.15) is 0 Å². The van der Waals surface area contributed by atoms with Crippen LogP contribution in [0.5, 0.6) is 0 Å². The summed E-state index contributed by atoms with van der Waals surface area (Å²) in [5.74, 6) is 0.651. The predicted octanol–water partition coefficient (Wildman–Crippen LogP) is 3.72. The molecule has 108 valence electrons. The highest BCUT2D eigenvalue weighted by Gasteiger charge is 2.08. The van der Waals surface area contributed by atoms with Crippen molar-refractivity contribution < 1.29 is 0 Å². The molecule has 0 aliphatic carbocycles. The smallest absolute Gasteiger partial charge is 0.181 e. The first-order valence-corrected chi connectivity index (χ1v) is 7.33. The Morgan fingerprint density at radius 2 is 1.65 bits per heavy atom. The summed E-state index contributed by atoms with van der Waals surface area (Å²) in [4.78, 5) is 20.8. The number of nitrogens with zero attached hydrogens (tertiary/aromatic N) is 4. The minimum absolute atomic E-state index is 0.606. The number of rotatable bonds is 1. The van der Waals surface area contributed by atoms with E-state index in [0.717, 1.165) is 16.6 Å². The molecule has 5 nitrogen and oxygen atoms in total. The van der Waals surface area contributed by atoms with Gasteiger partial charge in [0.2, 0.25) is 0 Å². The first-order valence-electron chi connectivity index (χ1n) is 7.33. The Labute approximate surface area is 131 Å². The second-order valence-electron chi connectivity index (χ2n) is 5.39. The Kier molecular flexibility index (Phi) is 2.43. The van der Waals surface area contributed by atoms with Crippen molar-refractivity contribution in [2.75, 3.05) is 0 Å². The van der Waals surface area contributed by atoms with E-state index in [9.17, 15) is 0 Å². The average molecular weight is 297 g/mol. The quantitative estimate of drug-likeness (QED) is 0.512. The molecule has 0 spiro atoms. The highest BCUT2D eigenvalue weighted by Crippen LogP contribution is 2.28. The van der Waals surface area contributed by atoms with Crippen molar-refractivity contribution in [1.82, 2.24) is 24.9 Å². The monoisotopic (exact) mass is 297 g/mol. The van der Waals surface area contributed by atoms with Crippen molar-refractivity contribution in [2.24, 2.45) is 0 Å². The molecule has 0 bridgehead atoms. The molecule has 23 heavy (non-hydrogen) atoms. The Bertz CT molecular complexity index is 1180. The minimum atomic E-state index is 0.606. The Morgan fingerprint density at radius 3 is 2.65 bits per heavy atom. The van der Waals surface area contributed by atoms with Crippen molar-refractivity contribution in [1.29, 1.82) is 0 Å². The zero-order valence-electron chi connectivity index (χ0n) is 12.1. The number of aromatic amines is 1. The van der Waals surface area contributed by atoms with E-state index >= 15 is 0 Å². The van der Waals surface area contributed by atoms with Gasteiger partial charge in [0.25, 0.3) is 0 Å². The highest BCUT2D eigenvalue weighted by molar-refractivity contribution is 6.08. The summed E-state index contributed by atoms with van der Waals surface area (Å²) in [5.41, 5.74) is 4.46. The largest absolute Gasteiger partial charge is 0.354 e. The van der Waals surface area contributed by atoms with Gasteiger partial charge in [-0.2, -0.15) is 0 Å². The SMILES string of the molecule is c1ccc2c(c1)[nH]c1cc(-c3ncc4nccnc4n3)ccc12. The van der Waals surface area contributed by atoms with Crippen LogP contribution in [0.3, 0.4) is 0 Å². The van der Waals surface area contributed by atoms with Crippen molar-refractivity contribution in [3.8, 4) is 11.4 Å². The van der Waals surface area contributed by atoms with Crippen LogP contribution in [0.2, 0.25) is 0 Å². The second-order valence-corrected chi connectivity index (χ2v) is 5.39. The van der Waals surface area contributed by atoms with Gasteiger partial charge in [0.1, 0.15) is 5.52 Å². The first-order chi connectivity index (χ1) is 11.4. The van der Waals surface area contributed by atoms with Crippen LogP contribution >= 0.6 is 0 Å². The number of fused-ring (bicyclic) bond motifs is 4. The molecule has 0 amide bonds. The van der Waals surface area contributed by atoms with Crippen molar-refractivity contribution >= 4 is 33.0 Å². The summed E-state index contributed by atoms with van der Waals surface area (Å²) in [6.45, 7) is 0. The minimum Gasteiger partial charge on any atom is -0.354 e. The molecule has 0 saturated carbocycles. The number of nitrogens with one attached hydrogen (secondary N) is 1. The van der Waals surface area contributed by atoms with E-state index < -0.39 is 0 Å². The summed E-state index contributed by atoms with van der Waals surface area (Å²) in [7, 11) is 0. The van der Waals surface area contributed by atoms with Crippen molar-refractivity contribution in [2.45, 2.75) is 0 Å². The number of aromatic nitrogens is 5. The third-order valence-electron chi connectivity index (χ3n) is 3.99. The van der Waals surface area contributed by atoms with Gasteiger partial charge in [0, 0.05) is 39.8 Å². The molecule has 0 atom stereocenters. The van der Waals surface area contributed by atoms with E-state index in [4.69, 9.17) is 0 Å². The molecular formula is C18H11N5. The van der Waals surface area contributed by atoms with Gasteiger partial charge >= 0.3 is 0 Å². The van der Waals surface area contributed by atoms with Crippen molar-refractivity contribution in [3.63, 3.8) is 0 Å². The molecule has 0 fully saturated rings. The fourth-order valence-electron chi connectivity index (χ4n) is 2.90. The molecule has 0 radical (unpaired) electrons. The molecule has 0 unspecified atom stereocenters. The van der Waals surface area contributed by atoms with E-state index in [1.54, 1.807) is 18.6 Å². The van der Waals surface area contributed by atoms with Crippen LogP contribution in [0, 0.1) is 0 Å². The van der Waals surface area contributed by atoms with Gasteiger partial charge in [-0.15, -0.1) is 0 Å². The fourth-order valence-corrected chi connectivity index (χ4v) is 2.90. The molecule has 0 saturated heterocycles. The van der Waals surface area contributed by atoms with Gasteiger partial charge in [-0.1, -0.05) is 30.3 Å². The van der Waals surface area contributed by atoms with Crippen LogP contribution in [0.15, 0.2) is 61.1 Å². The average Bonchev–Trinajstić information content (AvgIpc) is 2.99. The molecule has 5 heteroatoms. The van der Waals surface area contributed by atoms with Crippen LogP contribution in [0.4, 0.5) is 0 Å². The molecule has 0 aliphatic rings. The van der Waals surface area contributed by atoms with Gasteiger partial charge < -0.3 is 4.98 Å². The van der Waals surface area contributed by atoms with E-state index in [-0.39, 0.29) is 0 Å². The van der Waals surface area contributed by atoms with E-state index in [1.807, 2.05) is 12.1 Å². The third-order valence-corrected chi connectivity index (χ3v) is 3.99. The van der Waals surface area contributed by atoms with Crippen LogP contribution < -0.4 is 0 Å². The van der Waals surface area contributed by atoms with Gasteiger partial charge in [-0.05, 0) is 12.1 Å². The maximum atomic E-state index is 4.51. The first kappa shape index (κ1) is 12.2. The Hall–Kier alpha value is -3.34. The zero-order chi connectivity index (χ0) is 15.2. The number of benzene rings is 2. The number of hydrogen-bond donors (Lipinski definition) is 1. The molecular weight excluding hydrogens is 286 g/mol. The third kappa shape index (κ3) is 1.87. The summed E-state index contributed by atoms with van der Waals surface area (Å²) in [6.07, 6.45) is 4.99. The summed E-state index contributed by atoms with van der Waals surface area (Å²) >= 11 is 0. The van der Waals surface area contributed by atoms with Crippen LogP contribution in [-0.2, 0) is 0 Å². The maximum Gasteiger partial charge on any atom is 0.181 e. The topological polar surface area (TPSA) is 67.3 Å². The number of H-pyrrole nitrogens is 1. The second kappa shape index (κ2) is 4.58. The highest BCUT2D eigenvalue weighted by atomic mass is 15.0. The maximum absolute atomic E-state index is 4.51. The van der Waals surface area contributed by atoms with E-state index in [0.29, 0.717) is 17.0 Å². The van der Waals surface area contributed by atoms with Crippen LogP contribution in [-0.4, -0.2) is 24.9 Å². The van der Waals surface area contributed by atoms with Crippen molar-refractivity contribution in [3.05, 3.63) is 61.1 Å². The number of hydrogen-bond acceptors (Lipinski definition) is 4. The fraction of sp³-hybridized carbons (Fsp3) is 0. The lowest BCUT2D eigenvalue weighted by Gasteiger charge is -2.01. The zero-order valence-corrected chi connectivity index (χ0v) is 12.1. The molecule has 5 rings (SSSR count). The molecule has 1 N–H and O–H groups in total. The van der Waals surface area contributed by atoms with E-state index in [1.165, 1.54) is 10.8 Å². The van der Waals surface area contributed by atoms with Gasteiger partial charge in [0.05, 0.1) is 6.20 Å². The Balaban J connectivity index is 1.73. The predicted molar refractivity (Wildman–Crippen MR) is 89.9 cm³/mol. The van der Waals surface area contributed by atoms with Gasteiger partial charge in [-0.3, -0.25) is 0 Å². The lowest BCUT2D eigenvalue weighted by atomic mass is 10.1. The van der Waals surface area contributed by atoms with Gasteiger partial charge in [-0.25, -0.2) is 19.9 Å². The molecule has 0 aliphatic heterocycles. The summed E-state index contributed by atoms with van der Waals surface area (Å²) in [6, 6.07) is 14.5. The lowest BCUT2D eigenvalue weighted by molar-refractivity contribution is 1.15. The summed E-state index contributed by atoms with van der Waals surface area (Å²) < 4.78 is 0. The van der Waals surface area contributed by atoms with E-state index in [2.05, 4.69) is 55.3 Å². The molecule has 2 aromatic carbocycles. The molecule has 3 aromatic heterocycles.